The summed E-state index contributed by atoms with van der Waals surface area (Å²) in [7, 11) is 0. The van der Waals surface area contributed by atoms with E-state index in [1.807, 2.05) is 0 Å². The van der Waals surface area contributed by atoms with Crippen molar-refractivity contribution < 1.29 is 9.90 Å². The van der Waals surface area contributed by atoms with Gasteiger partial charge in [-0.15, -0.1) is 0 Å². The summed E-state index contributed by atoms with van der Waals surface area (Å²) in [5.74, 6) is -0.914. The maximum absolute atomic E-state index is 10.7. The van der Waals surface area contributed by atoms with E-state index in [-0.39, 0.29) is 0 Å². The lowest BCUT2D eigenvalue weighted by Gasteiger charge is -2.09. The lowest BCUT2D eigenvalue weighted by atomic mass is 10.2. The molecule has 3 N–H and O–H groups in total. The van der Waals surface area contributed by atoms with Crippen LogP contribution in [0.25, 0.3) is 0 Å². The van der Waals surface area contributed by atoms with E-state index in [0.717, 1.165) is 0 Å². The van der Waals surface area contributed by atoms with Crippen molar-refractivity contribution in [1.82, 2.24) is 15.3 Å². The molecule has 70 valence electrons. The fourth-order valence-electron chi connectivity index (χ4n) is 0.971. The minimum atomic E-state index is -0.914. The smallest absolute Gasteiger partial charge is 0.326 e. The third-order valence-electron chi connectivity index (χ3n) is 1.59. The Morgan fingerprint density at radius 3 is 3.15 bits per heavy atom. The predicted molar refractivity (Wildman–Crippen MR) is 47.0 cm³/mol. The number of imidazole rings is 1. The van der Waals surface area contributed by atoms with Gasteiger partial charge in [-0.3, -0.25) is 0 Å². The zero-order valence-electron chi connectivity index (χ0n) is 7.03. The largest absolute Gasteiger partial charge is 0.480 e. The van der Waals surface area contributed by atoms with Gasteiger partial charge >= 0.3 is 5.97 Å². The zero-order valence-corrected chi connectivity index (χ0v) is 7.03. The molecule has 1 rings (SSSR count). The van der Waals surface area contributed by atoms with Gasteiger partial charge in [-0.05, 0) is 6.20 Å². The van der Waals surface area contributed by atoms with Crippen LogP contribution in [0, 0.1) is 0 Å². The van der Waals surface area contributed by atoms with Gasteiger partial charge in [0.2, 0.25) is 0 Å². The lowest BCUT2D eigenvalue weighted by Crippen LogP contribution is -2.35. The van der Waals surface area contributed by atoms with Gasteiger partial charge in [-0.25, -0.2) is 9.78 Å². The molecule has 0 amide bonds. The van der Waals surface area contributed by atoms with Crippen LogP contribution in [0.1, 0.15) is 5.69 Å². The van der Waals surface area contributed by atoms with Crippen LogP contribution in [0.2, 0.25) is 0 Å². The van der Waals surface area contributed by atoms with E-state index in [4.69, 9.17) is 5.11 Å². The molecule has 0 spiro atoms. The second-order valence-corrected chi connectivity index (χ2v) is 2.53. The molecule has 5 heteroatoms. The van der Waals surface area contributed by atoms with Crippen molar-refractivity contribution >= 4 is 5.97 Å². The average molecular weight is 181 g/mol. The van der Waals surface area contributed by atoms with Crippen molar-refractivity contribution in [3.05, 3.63) is 31.0 Å². The van der Waals surface area contributed by atoms with Crippen LogP contribution in [0.5, 0.6) is 0 Å². The van der Waals surface area contributed by atoms with E-state index < -0.39 is 12.0 Å². The number of nitrogens with one attached hydrogen (secondary N) is 2. The first-order chi connectivity index (χ1) is 6.24. The highest BCUT2D eigenvalue weighted by atomic mass is 16.4. The van der Waals surface area contributed by atoms with E-state index >= 15 is 0 Å². The highest BCUT2D eigenvalue weighted by Gasteiger charge is 2.16. The van der Waals surface area contributed by atoms with Crippen LogP contribution in [-0.4, -0.2) is 27.1 Å². The van der Waals surface area contributed by atoms with Gasteiger partial charge in [0.25, 0.3) is 0 Å². The molecule has 0 aliphatic rings. The van der Waals surface area contributed by atoms with Crippen molar-refractivity contribution in [1.29, 1.82) is 0 Å². The third-order valence-corrected chi connectivity index (χ3v) is 1.59. The Bertz CT molecular complexity index is 282. The second kappa shape index (κ2) is 4.30. The topological polar surface area (TPSA) is 78.0 Å². The van der Waals surface area contributed by atoms with Crippen molar-refractivity contribution in [2.45, 2.75) is 12.5 Å². The number of nitrogens with zero attached hydrogens (tertiary/aromatic N) is 1. The molecule has 0 unspecified atom stereocenters. The quantitative estimate of drug-likeness (QED) is 0.603. The van der Waals surface area contributed by atoms with Crippen LogP contribution < -0.4 is 5.32 Å². The average Bonchev–Trinajstić information content (AvgIpc) is 2.56. The maximum atomic E-state index is 10.7. The summed E-state index contributed by atoms with van der Waals surface area (Å²) >= 11 is 0. The molecule has 0 bridgehead atoms. The van der Waals surface area contributed by atoms with Crippen molar-refractivity contribution in [2.75, 3.05) is 0 Å². The summed E-state index contributed by atoms with van der Waals surface area (Å²) in [6.07, 6.45) is 4.89. The molecule has 0 fully saturated rings. The SMILES string of the molecule is C=CN[C@@H](Cc1c[nH]cn1)C(=O)O. The van der Waals surface area contributed by atoms with Crippen LogP contribution in [0.4, 0.5) is 0 Å². The molecule has 1 aromatic heterocycles. The summed E-state index contributed by atoms with van der Waals surface area (Å²) in [5.41, 5.74) is 0.710. The highest BCUT2D eigenvalue weighted by molar-refractivity contribution is 5.73. The third kappa shape index (κ3) is 2.62. The first kappa shape index (κ1) is 9.31. The van der Waals surface area contributed by atoms with Gasteiger partial charge in [0.15, 0.2) is 0 Å². The number of hydrogen-bond donors (Lipinski definition) is 3. The Hall–Kier alpha value is -1.78. The molecule has 0 aliphatic heterocycles. The van der Waals surface area contributed by atoms with Crippen LogP contribution in [0.3, 0.4) is 0 Å². The molecule has 0 radical (unpaired) electrons. The number of carbonyl (C=O) groups is 1. The molecule has 13 heavy (non-hydrogen) atoms. The number of H-pyrrole nitrogens is 1. The Morgan fingerprint density at radius 1 is 1.92 bits per heavy atom. The van der Waals surface area contributed by atoms with Gasteiger partial charge in [0, 0.05) is 12.6 Å². The van der Waals surface area contributed by atoms with Crippen LogP contribution in [0.15, 0.2) is 25.3 Å². The summed E-state index contributed by atoms with van der Waals surface area (Å²) in [6.45, 7) is 3.41. The molecule has 5 nitrogen and oxygen atoms in total. The molecule has 0 aromatic carbocycles. The Morgan fingerprint density at radius 2 is 2.69 bits per heavy atom. The summed E-state index contributed by atoms with van der Waals surface area (Å²) < 4.78 is 0. The molecule has 0 saturated heterocycles. The summed E-state index contributed by atoms with van der Waals surface area (Å²) in [5, 5.41) is 11.4. The first-order valence-corrected chi connectivity index (χ1v) is 3.81. The molecule has 0 saturated carbocycles. The molecular formula is C8H11N3O2. The predicted octanol–water partition coefficient (Wildman–Crippen LogP) is 0.139. The van der Waals surface area contributed by atoms with Gasteiger partial charge < -0.3 is 15.4 Å². The number of hydrogen-bond acceptors (Lipinski definition) is 3. The van der Waals surface area contributed by atoms with E-state index in [1.54, 1.807) is 6.20 Å². The number of aromatic amines is 1. The van der Waals surface area contributed by atoms with E-state index in [1.165, 1.54) is 12.5 Å². The first-order valence-electron chi connectivity index (χ1n) is 3.81. The Balaban J connectivity index is 2.57. The fourth-order valence-corrected chi connectivity index (χ4v) is 0.971. The molecule has 0 aliphatic carbocycles. The van der Waals surface area contributed by atoms with Crippen molar-refractivity contribution in [3.8, 4) is 0 Å². The Kier molecular flexibility index (Phi) is 3.08. The van der Waals surface area contributed by atoms with E-state index in [9.17, 15) is 4.79 Å². The van der Waals surface area contributed by atoms with Gasteiger partial charge in [-0.2, -0.15) is 0 Å². The summed E-state index contributed by atoms with van der Waals surface area (Å²) in [4.78, 5) is 17.4. The standard InChI is InChI=1S/C8H11N3O2/c1-2-10-7(8(12)13)3-6-4-9-5-11-6/h2,4-5,7,10H,1,3H2,(H,9,11)(H,12,13)/t7-/m0/s1. The number of rotatable bonds is 5. The highest BCUT2D eigenvalue weighted by Crippen LogP contribution is 1.98. The Labute approximate surface area is 75.5 Å². The minimum absolute atomic E-state index is 0.338. The number of aromatic nitrogens is 2. The van der Waals surface area contributed by atoms with Crippen LogP contribution in [-0.2, 0) is 11.2 Å². The fraction of sp³-hybridized carbons (Fsp3) is 0.250. The van der Waals surface area contributed by atoms with E-state index in [2.05, 4.69) is 21.9 Å². The van der Waals surface area contributed by atoms with Gasteiger partial charge in [0.05, 0.1) is 12.0 Å². The second-order valence-electron chi connectivity index (χ2n) is 2.53. The minimum Gasteiger partial charge on any atom is -0.480 e. The number of aliphatic carboxylic acids is 1. The monoisotopic (exact) mass is 181 g/mol. The number of carboxylic acid groups (broad SMARTS) is 1. The lowest BCUT2D eigenvalue weighted by molar-refractivity contribution is -0.139. The number of carboxylic acids is 1. The van der Waals surface area contributed by atoms with Gasteiger partial charge in [0.1, 0.15) is 6.04 Å². The molecular weight excluding hydrogens is 170 g/mol. The van der Waals surface area contributed by atoms with Crippen molar-refractivity contribution in [2.24, 2.45) is 0 Å². The van der Waals surface area contributed by atoms with Gasteiger partial charge in [-0.1, -0.05) is 6.58 Å². The normalized spacial score (nSPS) is 12.0. The molecule has 1 atom stereocenters. The molecule has 1 heterocycles. The summed E-state index contributed by atoms with van der Waals surface area (Å²) in [6, 6.07) is -0.666. The van der Waals surface area contributed by atoms with E-state index in [0.29, 0.717) is 12.1 Å². The molecule has 1 aromatic rings. The van der Waals surface area contributed by atoms with Crippen LogP contribution >= 0.6 is 0 Å². The van der Waals surface area contributed by atoms with Crippen molar-refractivity contribution in [3.63, 3.8) is 0 Å². The maximum Gasteiger partial charge on any atom is 0.326 e. The zero-order chi connectivity index (χ0) is 9.68.